The second-order valence-electron chi connectivity index (χ2n) is 6.31. The number of quaternary nitrogens is 2. The highest BCUT2D eigenvalue weighted by atomic mass is 79.9. The van der Waals surface area contributed by atoms with Gasteiger partial charge in [-0.15, -0.1) is 0 Å². The molecule has 15 heavy (non-hydrogen) atoms. The maximum atomic E-state index is 3.82. The van der Waals surface area contributed by atoms with Gasteiger partial charge >= 0.3 is 0 Å². The van der Waals surface area contributed by atoms with Crippen LogP contribution in [0.4, 0.5) is 0 Å². The topological polar surface area (TPSA) is 0 Å². The van der Waals surface area contributed by atoms with Gasteiger partial charge in [0.15, 0.2) is 0 Å². The molecule has 2 nitrogen and oxygen atoms in total. The van der Waals surface area contributed by atoms with Crippen LogP contribution in [0.15, 0.2) is 0 Å². The van der Waals surface area contributed by atoms with Crippen LogP contribution >= 0.6 is 15.9 Å². The molecular weight excluding hydrogens is 388 g/mol. The Bertz CT molecular complexity index is 150. The SMILES string of the molecule is CC(Br)(C[N+](C)(C)C)C[N+](C)(C)C.[Br-].[Br-]. The molecule has 0 aromatic rings. The molecule has 0 aliphatic rings. The summed E-state index contributed by atoms with van der Waals surface area (Å²) in [5.74, 6) is 0. The maximum Gasteiger partial charge on any atom is 0.120 e. The summed E-state index contributed by atoms with van der Waals surface area (Å²) in [6.07, 6.45) is 0. The van der Waals surface area contributed by atoms with Crippen molar-refractivity contribution < 1.29 is 42.9 Å². The van der Waals surface area contributed by atoms with Crippen molar-refractivity contribution in [2.75, 3.05) is 55.4 Å². The first kappa shape index (κ1) is 21.6. The van der Waals surface area contributed by atoms with E-state index in [1.54, 1.807) is 0 Å². The minimum atomic E-state index is 0. The van der Waals surface area contributed by atoms with Gasteiger partial charge in [-0.25, -0.2) is 0 Å². The molecule has 0 saturated carbocycles. The molecule has 96 valence electrons. The van der Waals surface area contributed by atoms with Gasteiger partial charge < -0.3 is 42.9 Å². The van der Waals surface area contributed by atoms with Crippen LogP contribution in [0, 0.1) is 0 Å². The molecule has 0 amide bonds. The van der Waals surface area contributed by atoms with Crippen LogP contribution in [0.25, 0.3) is 0 Å². The Balaban J connectivity index is -0.000000720. The van der Waals surface area contributed by atoms with Crippen molar-refractivity contribution in [3.63, 3.8) is 0 Å². The number of halogens is 3. The van der Waals surface area contributed by atoms with Gasteiger partial charge in [-0.2, -0.15) is 0 Å². The Kier molecular flexibility index (Phi) is 10.0. The lowest BCUT2D eigenvalue weighted by atomic mass is 10.1. The van der Waals surface area contributed by atoms with Crippen molar-refractivity contribution >= 4 is 15.9 Å². The number of alkyl halides is 1. The Labute approximate surface area is 125 Å². The zero-order valence-corrected chi connectivity index (χ0v) is 15.7. The fraction of sp³-hybridized carbons (Fsp3) is 1.00. The minimum absolute atomic E-state index is 0. The summed E-state index contributed by atoms with van der Waals surface area (Å²) in [7, 11) is 13.4. The first-order valence-electron chi connectivity index (χ1n) is 4.71. The van der Waals surface area contributed by atoms with E-state index in [4.69, 9.17) is 0 Å². The molecule has 0 radical (unpaired) electrons. The van der Waals surface area contributed by atoms with E-state index >= 15 is 0 Å². The molecule has 0 bridgehead atoms. The van der Waals surface area contributed by atoms with Crippen LogP contribution < -0.4 is 34.0 Å². The van der Waals surface area contributed by atoms with Gasteiger partial charge in [-0.3, -0.25) is 0 Å². The second kappa shape index (κ2) is 6.94. The average Bonchev–Trinajstić information content (AvgIpc) is 1.43. The lowest BCUT2D eigenvalue weighted by Crippen LogP contribution is -3.00. The van der Waals surface area contributed by atoms with Crippen molar-refractivity contribution in [3.05, 3.63) is 0 Å². The van der Waals surface area contributed by atoms with Crippen molar-refractivity contribution in [1.29, 1.82) is 0 Å². The minimum Gasteiger partial charge on any atom is -1.00 e. The molecule has 0 heterocycles. The Morgan fingerprint density at radius 3 is 1.13 bits per heavy atom. The van der Waals surface area contributed by atoms with Gasteiger partial charge in [0.05, 0.1) is 55.4 Å². The summed E-state index contributed by atoms with van der Waals surface area (Å²) < 4.78 is 2.23. The summed E-state index contributed by atoms with van der Waals surface area (Å²) in [5, 5.41) is 0. The van der Waals surface area contributed by atoms with Crippen molar-refractivity contribution in [1.82, 2.24) is 0 Å². The highest BCUT2D eigenvalue weighted by Crippen LogP contribution is 2.22. The molecule has 0 aromatic heterocycles. The second-order valence-corrected chi connectivity index (χ2v) is 8.22. The highest BCUT2D eigenvalue weighted by molar-refractivity contribution is 9.10. The summed E-state index contributed by atoms with van der Waals surface area (Å²) in [5.41, 5.74) is 0. The third-order valence-corrected chi connectivity index (χ3v) is 2.11. The lowest BCUT2D eigenvalue weighted by Gasteiger charge is -2.37. The van der Waals surface area contributed by atoms with Crippen molar-refractivity contribution in [3.8, 4) is 0 Å². The van der Waals surface area contributed by atoms with Gasteiger partial charge in [0.1, 0.15) is 4.32 Å². The number of hydrogen-bond acceptors (Lipinski definition) is 0. The molecule has 0 atom stereocenters. The van der Waals surface area contributed by atoms with Crippen LogP contribution in [-0.2, 0) is 0 Å². The smallest absolute Gasteiger partial charge is 0.120 e. The third-order valence-electron chi connectivity index (χ3n) is 1.61. The Morgan fingerprint density at radius 2 is 1.00 bits per heavy atom. The molecule has 0 N–H and O–H groups in total. The number of nitrogens with zero attached hydrogens (tertiary/aromatic N) is 2. The molecule has 0 aliphatic heterocycles. The molecule has 0 aromatic carbocycles. The molecule has 0 saturated heterocycles. The van der Waals surface area contributed by atoms with E-state index in [9.17, 15) is 0 Å². The quantitative estimate of drug-likeness (QED) is 0.323. The van der Waals surface area contributed by atoms with E-state index in [1.165, 1.54) is 0 Å². The van der Waals surface area contributed by atoms with E-state index in [1.807, 2.05) is 0 Å². The van der Waals surface area contributed by atoms with E-state index in [0.717, 1.165) is 22.1 Å². The third kappa shape index (κ3) is 15.4. The molecule has 0 unspecified atom stereocenters. The molecule has 0 spiro atoms. The summed E-state index contributed by atoms with van der Waals surface area (Å²) in [6, 6.07) is 0. The zero-order valence-electron chi connectivity index (χ0n) is 10.9. The Hall–Kier alpha value is 1.36. The highest BCUT2D eigenvalue weighted by Gasteiger charge is 2.33. The monoisotopic (exact) mass is 410 g/mol. The largest absolute Gasteiger partial charge is 1.00 e. The molecule has 0 rings (SSSR count). The standard InChI is InChI=1S/C10H25BrN2.2BrH/c1-10(11,8-12(2,3)4)9-13(5,6)7;;/h8-9H2,1-7H3;2*1H/q+2;;/p-2. The van der Waals surface area contributed by atoms with Gasteiger partial charge in [0.2, 0.25) is 0 Å². The normalized spacial score (nSPS) is 12.8. The molecule has 0 fully saturated rings. The fourth-order valence-corrected chi connectivity index (χ4v) is 3.53. The van der Waals surface area contributed by atoms with Crippen LogP contribution in [0.1, 0.15) is 6.92 Å². The van der Waals surface area contributed by atoms with Crippen molar-refractivity contribution in [2.45, 2.75) is 11.2 Å². The van der Waals surface area contributed by atoms with E-state index in [0.29, 0.717) is 0 Å². The Morgan fingerprint density at radius 1 is 0.800 bits per heavy atom. The zero-order chi connectivity index (χ0) is 10.9. The number of hydrogen-bond donors (Lipinski definition) is 0. The van der Waals surface area contributed by atoms with Crippen LogP contribution in [0.3, 0.4) is 0 Å². The first-order chi connectivity index (χ1) is 5.41. The predicted octanol–water partition coefficient (Wildman–Crippen LogP) is -4.44. The van der Waals surface area contributed by atoms with E-state index < -0.39 is 0 Å². The first-order valence-corrected chi connectivity index (χ1v) is 5.50. The van der Waals surface area contributed by atoms with E-state index in [-0.39, 0.29) is 38.3 Å². The van der Waals surface area contributed by atoms with Gasteiger partial charge in [0, 0.05) is 0 Å². The van der Waals surface area contributed by atoms with Crippen LogP contribution in [-0.4, -0.2) is 68.7 Å². The predicted molar refractivity (Wildman–Crippen MR) is 63.1 cm³/mol. The van der Waals surface area contributed by atoms with E-state index in [2.05, 4.69) is 65.1 Å². The fourth-order valence-electron chi connectivity index (χ4n) is 2.03. The van der Waals surface area contributed by atoms with Crippen LogP contribution in [0.5, 0.6) is 0 Å². The summed E-state index contributed by atoms with van der Waals surface area (Å²) in [6.45, 7) is 4.56. The summed E-state index contributed by atoms with van der Waals surface area (Å²) in [4.78, 5) is 0. The molecule has 0 aliphatic carbocycles. The number of rotatable bonds is 4. The summed E-state index contributed by atoms with van der Waals surface area (Å²) >= 11 is 3.82. The average molecular weight is 413 g/mol. The van der Waals surface area contributed by atoms with Crippen molar-refractivity contribution in [2.24, 2.45) is 0 Å². The van der Waals surface area contributed by atoms with Gasteiger partial charge in [0.25, 0.3) is 0 Å². The lowest BCUT2D eigenvalue weighted by molar-refractivity contribution is -0.892. The van der Waals surface area contributed by atoms with Crippen LogP contribution in [0.2, 0.25) is 0 Å². The maximum absolute atomic E-state index is 3.82. The molecular formula is C10H25Br3N2. The molecule has 5 heteroatoms. The van der Waals surface area contributed by atoms with Gasteiger partial charge in [-0.05, 0) is 6.92 Å². The van der Waals surface area contributed by atoms with Gasteiger partial charge in [-0.1, -0.05) is 15.9 Å².